The summed E-state index contributed by atoms with van der Waals surface area (Å²) in [6.45, 7) is 10.5. The summed E-state index contributed by atoms with van der Waals surface area (Å²) in [5.41, 5.74) is 0.752. The van der Waals surface area contributed by atoms with Gasteiger partial charge in [0.05, 0.1) is 18.2 Å². The van der Waals surface area contributed by atoms with Crippen molar-refractivity contribution in [2.45, 2.75) is 91.0 Å². The average molecular weight is 458 g/mol. The number of carbonyl (C=O) groups is 2. The maximum Gasteiger partial charge on any atom is 0.326 e. The van der Waals surface area contributed by atoms with Crippen LogP contribution in [0.1, 0.15) is 81.8 Å². The predicted octanol–water partition coefficient (Wildman–Crippen LogP) is 3.73. The molecule has 0 bridgehead atoms. The summed E-state index contributed by atoms with van der Waals surface area (Å²) in [6.07, 6.45) is 3.74. The molecule has 2 aliphatic heterocycles. The van der Waals surface area contributed by atoms with Crippen molar-refractivity contribution < 1.29 is 29.6 Å². The van der Waals surface area contributed by atoms with E-state index in [1.54, 1.807) is 0 Å². The number of carboxylic acid groups (broad SMARTS) is 1. The molecule has 2 aliphatic carbocycles. The molecule has 0 radical (unpaired) electrons. The van der Waals surface area contributed by atoms with Crippen LogP contribution in [-0.2, 0) is 17.8 Å². The van der Waals surface area contributed by atoms with Crippen molar-refractivity contribution >= 4 is 11.9 Å². The van der Waals surface area contributed by atoms with E-state index in [1.165, 1.54) is 17.9 Å². The lowest BCUT2D eigenvalue weighted by atomic mass is 9.43. The molecule has 5 rings (SSSR count). The Bertz CT molecular complexity index is 1050. The van der Waals surface area contributed by atoms with Crippen LogP contribution in [0.4, 0.5) is 0 Å². The first-order valence-corrected chi connectivity index (χ1v) is 12.1. The van der Waals surface area contributed by atoms with Gasteiger partial charge in [0.25, 0.3) is 5.91 Å². The van der Waals surface area contributed by atoms with E-state index in [1.807, 2.05) is 0 Å². The first-order valence-electron chi connectivity index (χ1n) is 12.1. The van der Waals surface area contributed by atoms with Crippen LogP contribution in [0.25, 0.3) is 0 Å². The highest BCUT2D eigenvalue weighted by molar-refractivity contribution is 6.02. The quantitative estimate of drug-likeness (QED) is 0.625. The number of phenolic OH excluding ortho intramolecular Hbond substituents is 1. The fraction of sp³-hybridized carbons (Fsp3) is 0.692. The molecule has 2 saturated carbocycles. The van der Waals surface area contributed by atoms with Gasteiger partial charge in [-0.25, -0.2) is 4.79 Å². The van der Waals surface area contributed by atoms with Gasteiger partial charge in [-0.05, 0) is 55.9 Å². The van der Waals surface area contributed by atoms with Crippen molar-refractivity contribution in [2.24, 2.45) is 22.7 Å². The molecule has 7 heteroatoms. The van der Waals surface area contributed by atoms with Crippen molar-refractivity contribution in [1.82, 2.24) is 4.90 Å². The number of benzene rings is 1. The maximum atomic E-state index is 13.0. The zero-order chi connectivity index (χ0) is 24.1. The highest BCUT2D eigenvalue weighted by Gasteiger charge is 2.67. The first-order chi connectivity index (χ1) is 15.3. The van der Waals surface area contributed by atoms with Gasteiger partial charge in [-0.3, -0.25) is 4.79 Å². The lowest BCUT2D eigenvalue weighted by Crippen LogP contribution is -2.66. The van der Waals surface area contributed by atoms with Gasteiger partial charge in [-0.1, -0.05) is 27.7 Å². The first kappa shape index (κ1) is 22.5. The van der Waals surface area contributed by atoms with Crippen LogP contribution in [0.2, 0.25) is 0 Å². The zero-order valence-corrected chi connectivity index (χ0v) is 20.1. The van der Waals surface area contributed by atoms with Crippen molar-refractivity contribution in [1.29, 1.82) is 0 Å². The second-order valence-electron chi connectivity index (χ2n) is 11.7. The highest BCUT2D eigenvalue weighted by Crippen LogP contribution is 2.67. The van der Waals surface area contributed by atoms with Crippen molar-refractivity contribution in [3.8, 4) is 11.5 Å². The SMILES string of the molecule is C[C@@H]1CC[C@H]2C(C)(C)[C@H](O)CC[C@]2(C)[C@]12Cc1c(O)cc3c(c1O2)CN([C@@H](C)C(=O)O)C3=O. The van der Waals surface area contributed by atoms with Crippen LogP contribution in [0.5, 0.6) is 11.5 Å². The minimum absolute atomic E-state index is 0.0480. The number of rotatable bonds is 2. The number of ether oxygens (including phenoxy) is 1. The summed E-state index contributed by atoms with van der Waals surface area (Å²) in [5, 5.41) is 31.2. The van der Waals surface area contributed by atoms with Crippen LogP contribution in [0.3, 0.4) is 0 Å². The fourth-order valence-corrected chi connectivity index (χ4v) is 7.74. The molecule has 4 aliphatic rings. The van der Waals surface area contributed by atoms with Gasteiger partial charge in [-0.15, -0.1) is 0 Å². The zero-order valence-electron chi connectivity index (χ0n) is 20.1. The Balaban J connectivity index is 1.60. The number of fused-ring (bicyclic) bond motifs is 5. The molecule has 0 aromatic heterocycles. The number of nitrogens with zero attached hydrogens (tertiary/aromatic N) is 1. The molecule has 1 amide bonds. The van der Waals surface area contributed by atoms with Crippen LogP contribution < -0.4 is 4.74 Å². The van der Waals surface area contributed by atoms with Gasteiger partial charge in [0.15, 0.2) is 0 Å². The Labute approximate surface area is 194 Å². The number of carbonyl (C=O) groups excluding carboxylic acids is 1. The molecule has 33 heavy (non-hydrogen) atoms. The molecule has 7 nitrogen and oxygen atoms in total. The van der Waals surface area contributed by atoms with Crippen LogP contribution in [0.15, 0.2) is 6.07 Å². The van der Waals surface area contributed by atoms with Gasteiger partial charge >= 0.3 is 5.97 Å². The summed E-state index contributed by atoms with van der Waals surface area (Å²) < 4.78 is 6.94. The summed E-state index contributed by atoms with van der Waals surface area (Å²) in [7, 11) is 0. The third-order valence-electron chi connectivity index (χ3n) is 9.95. The monoisotopic (exact) mass is 457 g/mol. The maximum absolute atomic E-state index is 13.0. The number of aliphatic hydroxyl groups is 1. The summed E-state index contributed by atoms with van der Waals surface area (Å²) in [5.74, 6) is -0.333. The van der Waals surface area contributed by atoms with Gasteiger partial charge in [0, 0.05) is 23.0 Å². The minimum Gasteiger partial charge on any atom is -0.508 e. The van der Waals surface area contributed by atoms with Crippen LogP contribution >= 0.6 is 0 Å². The Morgan fingerprint density at radius 1 is 1.21 bits per heavy atom. The molecule has 3 N–H and O–H groups in total. The number of phenols is 1. The molecule has 6 atom stereocenters. The van der Waals surface area contributed by atoms with Crippen molar-refractivity contribution in [2.75, 3.05) is 0 Å². The lowest BCUT2D eigenvalue weighted by Gasteiger charge is -2.64. The molecular formula is C26H35NO6. The lowest BCUT2D eigenvalue weighted by molar-refractivity contribution is -0.210. The van der Waals surface area contributed by atoms with Gasteiger partial charge in [0.1, 0.15) is 23.1 Å². The third-order valence-corrected chi connectivity index (χ3v) is 9.95. The number of carboxylic acids is 1. The Kier molecular flexibility index (Phi) is 4.69. The number of aliphatic carboxylic acids is 1. The molecule has 0 saturated heterocycles. The largest absolute Gasteiger partial charge is 0.508 e. The molecule has 1 aromatic rings. The Morgan fingerprint density at radius 3 is 2.58 bits per heavy atom. The number of hydrogen-bond donors (Lipinski definition) is 3. The average Bonchev–Trinajstić information content (AvgIpc) is 3.30. The number of aliphatic hydroxyl groups excluding tert-OH is 1. The number of amides is 1. The second-order valence-corrected chi connectivity index (χ2v) is 11.7. The predicted molar refractivity (Wildman–Crippen MR) is 121 cm³/mol. The number of hydrogen-bond acceptors (Lipinski definition) is 5. The number of aromatic hydroxyl groups is 1. The molecule has 2 fully saturated rings. The van der Waals surface area contributed by atoms with E-state index in [0.717, 1.165) is 24.8 Å². The van der Waals surface area contributed by atoms with Crippen molar-refractivity contribution in [3.05, 3.63) is 22.8 Å². The van der Waals surface area contributed by atoms with E-state index in [0.29, 0.717) is 29.7 Å². The standard InChI is InChI=1S/C26H35NO6/c1-13-6-7-19-24(3,4)20(29)8-9-25(19,5)26(13)11-16-18(28)10-15-17(21(16)33-26)12-27(22(15)30)14(2)23(31)32/h10,13-14,19-20,28-29H,6-9,11-12H2,1-5H3,(H,31,32)/t13-,14+,19+,20-,25+,26+/m1/s1. The molecule has 2 heterocycles. The van der Waals surface area contributed by atoms with Crippen LogP contribution in [0, 0.1) is 22.7 Å². The molecule has 0 unspecified atom stereocenters. The summed E-state index contributed by atoms with van der Waals surface area (Å²) >= 11 is 0. The molecular weight excluding hydrogens is 422 g/mol. The normalized spacial score (nSPS) is 37.3. The van der Waals surface area contributed by atoms with Crippen LogP contribution in [-0.4, -0.2) is 49.8 Å². The van der Waals surface area contributed by atoms with Gasteiger partial charge < -0.3 is 25.0 Å². The van der Waals surface area contributed by atoms with E-state index in [9.17, 15) is 24.9 Å². The Morgan fingerprint density at radius 2 is 1.91 bits per heavy atom. The van der Waals surface area contributed by atoms with E-state index >= 15 is 0 Å². The second kappa shape index (κ2) is 6.87. The van der Waals surface area contributed by atoms with E-state index in [4.69, 9.17) is 4.74 Å². The van der Waals surface area contributed by atoms with E-state index < -0.39 is 17.6 Å². The van der Waals surface area contributed by atoms with Gasteiger partial charge in [-0.2, -0.15) is 0 Å². The third kappa shape index (κ3) is 2.71. The smallest absolute Gasteiger partial charge is 0.326 e. The molecule has 1 aromatic carbocycles. The minimum atomic E-state index is -1.06. The summed E-state index contributed by atoms with van der Waals surface area (Å²) in [6, 6.07) is 0.532. The summed E-state index contributed by atoms with van der Waals surface area (Å²) in [4.78, 5) is 25.9. The van der Waals surface area contributed by atoms with E-state index in [-0.39, 0.29) is 47.0 Å². The fourth-order valence-electron chi connectivity index (χ4n) is 7.74. The topological polar surface area (TPSA) is 107 Å². The Hall–Kier alpha value is -2.28. The highest BCUT2D eigenvalue weighted by atomic mass is 16.5. The van der Waals surface area contributed by atoms with Gasteiger partial charge in [0.2, 0.25) is 0 Å². The van der Waals surface area contributed by atoms with Crippen molar-refractivity contribution in [3.63, 3.8) is 0 Å². The van der Waals surface area contributed by atoms with E-state index in [2.05, 4.69) is 27.7 Å². The molecule has 1 spiro atoms. The molecule has 180 valence electrons.